The maximum atomic E-state index is 13.2. The first-order valence-electron chi connectivity index (χ1n) is 10.0. The van der Waals surface area contributed by atoms with E-state index >= 15 is 0 Å². The van der Waals surface area contributed by atoms with E-state index in [0.29, 0.717) is 12.0 Å². The van der Waals surface area contributed by atoms with Gasteiger partial charge in [-0.3, -0.25) is 4.79 Å². The van der Waals surface area contributed by atoms with Gasteiger partial charge >= 0.3 is 0 Å². The molecule has 0 spiro atoms. The van der Waals surface area contributed by atoms with Gasteiger partial charge in [-0.15, -0.1) is 0 Å². The highest BCUT2D eigenvalue weighted by Gasteiger charge is 2.30. The number of carbonyl (C=O) groups is 1. The molecule has 3 aromatic carbocycles. The average Bonchev–Trinajstić information content (AvgIpc) is 3.50. The number of imidazole rings is 1. The minimum Gasteiger partial charge on any atom is -0.456 e. The summed E-state index contributed by atoms with van der Waals surface area (Å²) in [5, 5.41) is 0.940. The normalized spacial score (nSPS) is 14.6. The smallest absolute Gasteiger partial charge is 0.165 e. The molecule has 0 radical (unpaired) electrons. The fraction of sp³-hybridized carbons (Fsp3) is 0.0769. The number of nitrogens with zero attached hydrogens (tertiary/aromatic N) is 2. The van der Waals surface area contributed by atoms with E-state index in [2.05, 4.69) is 21.7 Å². The molecular formula is C26H18N2O2. The molecule has 0 fully saturated rings. The van der Waals surface area contributed by atoms with E-state index < -0.39 is 0 Å². The van der Waals surface area contributed by atoms with Crippen LogP contribution in [0.4, 0.5) is 0 Å². The Morgan fingerprint density at radius 1 is 0.967 bits per heavy atom. The van der Waals surface area contributed by atoms with Crippen molar-refractivity contribution < 1.29 is 9.21 Å². The molecule has 0 aliphatic carbocycles. The van der Waals surface area contributed by atoms with Crippen molar-refractivity contribution in [1.29, 1.82) is 0 Å². The fourth-order valence-electron chi connectivity index (χ4n) is 4.40. The molecule has 144 valence electrons. The zero-order chi connectivity index (χ0) is 20.1. The third-order valence-electron chi connectivity index (χ3n) is 5.87. The van der Waals surface area contributed by atoms with Crippen molar-refractivity contribution in [2.45, 2.75) is 12.5 Å². The van der Waals surface area contributed by atoms with Crippen molar-refractivity contribution in [2.75, 3.05) is 0 Å². The first kappa shape index (κ1) is 17.0. The number of hydrogen-bond acceptors (Lipinski definition) is 3. The minimum atomic E-state index is -0.0221. The molecule has 1 atom stereocenters. The second-order valence-electron chi connectivity index (χ2n) is 7.65. The Bertz CT molecular complexity index is 1400. The van der Waals surface area contributed by atoms with Gasteiger partial charge in [-0.2, -0.15) is 0 Å². The van der Waals surface area contributed by atoms with Gasteiger partial charge in [-0.1, -0.05) is 54.6 Å². The van der Waals surface area contributed by atoms with Gasteiger partial charge in [0.15, 0.2) is 5.78 Å². The van der Waals surface area contributed by atoms with Gasteiger partial charge < -0.3 is 8.98 Å². The molecule has 0 saturated heterocycles. The van der Waals surface area contributed by atoms with E-state index in [1.54, 1.807) is 0 Å². The monoisotopic (exact) mass is 390 g/mol. The molecule has 2 aromatic heterocycles. The average molecular weight is 390 g/mol. The van der Waals surface area contributed by atoms with Gasteiger partial charge in [0.05, 0.1) is 24.3 Å². The van der Waals surface area contributed by atoms with Crippen LogP contribution >= 0.6 is 0 Å². The molecule has 1 unspecified atom stereocenters. The Balaban J connectivity index is 1.33. The minimum absolute atomic E-state index is 0.0221. The van der Waals surface area contributed by atoms with E-state index in [1.165, 1.54) is 5.56 Å². The highest BCUT2D eigenvalue weighted by molar-refractivity contribution is 6.00. The predicted molar refractivity (Wildman–Crippen MR) is 116 cm³/mol. The lowest BCUT2D eigenvalue weighted by Gasteiger charge is -2.14. The number of benzene rings is 3. The summed E-state index contributed by atoms with van der Waals surface area (Å²) >= 11 is 0. The molecule has 5 aromatic rings. The maximum absolute atomic E-state index is 13.2. The molecule has 0 saturated carbocycles. The number of furan rings is 1. The summed E-state index contributed by atoms with van der Waals surface area (Å²) in [6.07, 6.45) is 4.08. The van der Waals surface area contributed by atoms with Gasteiger partial charge in [0.1, 0.15) is 11.3 Å². The number of ketones is 1. The SMILES string of the molecule is O=C(CC1c2ccccc2-c2cncn21)c1ccc2oc(-c3ccccc3)cc2c1. The number of Topliss-reactive ketones (excluding diaryl/α,β-unsaturated/α-hetero) is 1. The topological polar surface area (TPSA) is 48.0 Å². The molecule has 1 aliphatic heterocycles. The first-order chi connectivity index (χ1) is 14.8. The van der Waals surface area contributed by atoms with E-state index in [4.69, 9.17) is 4.42 Å². The standard InChI is InChI=1S/C26H18N2O2/c29-24(14-22-20-8-4-5-9-21(20)23-15-27-16-28(22)23)18-10-11-25-19(12-18)13-26(30-25)17-6-2-1-3-7-17/h1-13,15-16,22H,14H2. The maximum Gasteiger partial charge on any atom is 0.165 e. The van der Waals surface area contributed by atoms with Crippen LogP contribution in [0.1, 0.15) is 28.4 Å². The Morgan fingerprint density at radius 2 is 1.80 bits per heavy atom. The van der Waals surface area contributed by atoms with Gasteiger partial charge in [0.25, 0.3) is 0 Å². The predicted octanol–water partition coefficient (Wildman–Crippen LogP) is 6.14. The molecule has 0 amide bonds. The largest absolute Gasteiger partial charge is 0.456 e. The first-order valence-corrected chi connectivity index (χ1v) is 10.0. The van der Waals surface area contributed by atoms with Gasteiger partial charge in [0.2, 0.25) is 0 Å². The number of rotatable bonds is 4. The zero-order valence-electron chi connectivity index (χ0n) is 16.2. The number of carbonyl (C=O) groups excluding carboxylic acids is 1. The summed E-state index contributed by atoms with van der Waals surface area (Å²) in [5.41, 5.74) is 5.92. The van der Waals surface area contributed by atoms with Crippen LogP contribution in [0.15, 0.2) is 95.8 Å². The second-order valence-corrected chi connectivity index (χ2v) is 7.65. The van der Waals surface area contributed by atoms with Crippen LogP contribution in [-0.2, 0) is 0 Å². The van der Waals surface area contributed by atoms with Crippen molar-refractivity contribution in [1.82, 2.24) is 9.55 Å². The molecule has 30 heavy (non-hydrogen) atoms. The van der Waals surface area contributed by atoms with Crippen LogP contribution in [0, 0.1) is 0 Å². The van der Waals surface area contributed by atoms with E-state index in [-0.39, 0.29) is 11.8 Å². The molecule has 1 aliphatic rings. The lowest BCUT2D eigenvalue weighted by atomic mass is 9.96. The molecule has 4 heteroatoms. The Hall–Kier alpha value is -3.92. The fourth-order valence-corrected chi connectivity index (χ4v) is 4.40. The highest BCUT2D eigenvalue weighted by Crippen LogP contribution is 2.41. The highest BCUT2D eigenvalue weighted by atomic mass is 16.3. The zero-order valence-corrected chi connectivity index (χ0v) is 16.2. The summed E-state index contributed by atoms with van der Waals surface area (Å²) in [6, 6.07) is 25.9. The van der Waals surface area contributed by atoms with Crippen LogP contribution in [0.5, 0.6) is 0 Å². The Labute approximate surface area is 173 Å². The van der Waals surface area contributed by atoms with Crippen molar-refractivity contribution in [3.8, 4) is 22.6 Å². The van der Waals surface area contributed by atoms with Crippen LogP contribution in [-0.4, -0.2) is 15.3 Å². The molecule has 4 nitrogen and oxygen atoms in total. The summed E-state index contributed by atoms with van der Waals surface area (Å²) in [4.78, 5) is 17.5. The summed E-state index contributed by atoms with van der Waals surface area (Å²) in [5.74, 6) is 0.920. The van der Waals surface area contributed by atoms with Gasteiger partial charge in [0, 0.05) is 28.5 Å². The third kappa shape index (κ3) is 2.61. The Morgan fingerprint density at radius 3 is 2.70 bits per heavy atom. The van der Waals surface area contributed by atoms with E-state index in [1.807, 2.05) is 79.3 Å². The van der Waals surface area contributed by atoms with Crippen molar-refractivity contribution >= 4 is 16.8 Å². The molecule has 3 heterocycles. The summed E-state index contributed by atoms with van der Waals surface area (Å²) < 4.78 is 8.08. The van der Waals surface area contributed by atoms with Crippen molar-refractivity contribution in [3.63, 3.8) is 0 Å². The van der Waals surface area contributed by atoms with E-state index in [0.717, 1.165) is 33.6 Å². The number of fused-ring (bicyclic) bond motifs is 4. The third-order valence-corrected chi connectivity index (χ3v) is 5.87. The molecule has 6 rings (SSSR count). The van der Waals surface area contributed by atoms with Gasteiger partial charge in [-0.05, 0) is 29.8 Å². The van der Waals surface area contributed by atoms with E-state index in [9.17, 15) is 4.79 Å². The van der Waals surface area contributed by atoms with Gasteiger partial charge in [-0.25, -0.2) is 4.98 Å². The van der Waals surface area contributed by atoms with Crippen LogP contribution in [0.3, 0.4) is 0 Å². The number of aromatic nitrogens is 2. The summed E-state index contributed by atoms with van der Waals surface area (Å²) in [7, 11) is 0. The quantitative estimate of drug-likeness (QED) is 0.346. The number of hydrogen-bond donors (Lipinski definition) is 0. The molecular weight excluding hydrogens is 372 g/mol. The molecule has 0 N–H and O–H groups in total. The van der Waals surface area contributed by atoms with Crippen molar-refractivity contribution in [3.05, 3.63) is 103 Å². The lowest BCUT2D eigenvalue weighted by Crippen LogP contribution is -2.11. The van der Waals surface area contributed by atoms with Crippen LogP contribution < -0.4 is 0 Å². The molecule has 0 bridgehead atoms. The van der Waals surface area contributed by atoms with Crippen molar-refractivity contribution in [2.24, 2.45) is 0 Å². The summed E-state index contributed by atoms with van der Waals surface area (Å²) in [6.45, 7) is 0. The Kier molecular flexibility index (Phi) is 3.71. The second kappa shape index (κ2) is 6.56. The van der Waals surface area contributed by atoms with Crippen LogP contribution in [0.25, 0.3) is 33.6 Å². The van der Waals surface area contributed by atoms with Crippen LogP contribution in [0.2, 0.25) is 0 Å². The lowest BCUT2D eigenvalue weighted by molar-refractivity contribution is 0.0970.